The Kier molecular flexibility index (Phi) is 3.66. The van der Waals surface area contributed by atoms with Crippen LogP contribution in [0, 0.1) is 34.8 Å². The summed E-state index contributed by atoms with van der Waals surface area (Å²) in [6.07, 6.45) is 5.59. The number of fused-ring (bicyclic) bond motifs is 2. The Labute approximate surface area is 123 Å². The van der Waals surface area contributed by atoms with Crippen molar-refractivity contribution in [1.29, 1.82) is 0 Å². The van der Waals surface area contributed by atoms with Crippen LogP contribution in [-0.2, 0) is 4.79 Å². The summed E-state index contributed by atoms with van der Waals surface area (Å²) in [5.41, 5.74) is 1.12. The minimum atomic E-state index is -0.416. The molecule has 1 aromatic carbocycles. The molecule has 2 aliphatic rings. The van der Waals surface area contributed by atoms with Gasteiger partial charge < -0.3 is 5.32 Å². The van der Waals surface area contributed by atoms with E-state index in [1.807, 2.05) is 0 Å². The van der Waals surface area contributed by atoms with Crippen molar-refractivity contribution < 1.29 is 9.72 Å². The average Bonchev–Trinajstić information content (AvgIpc) is 3.03. The Morgan fingerprint density at radius 1 is 1.38 bits per heavy atom. The van der Waals surface area contributed by atoms with Crippen molar-refractivity contribution in [1.82, 2.24) is 0 Å². The first-order chi connectivity index (χ1) is 10.0. The quantitative estimate of drug-likeness (QED) is 0.678. The van der Waals surface area contributed by atoms with Gasteiger partial charge in [-0.3, -0.25) is 14.9 Å². The molecule has 5 heteroatoms. The normalized spacial score (nSPS) is 26.8. The first-order valence-corrected chi connectivity index (χ1v) is 7.58. The van der Waals surface area contributed by atoms with Gasteiger partial charge >= 0.3 is 0 Å². The molecule has 1 aromatic rings. The molecule has 3 atom stereocenters. The van der Waals surface area contributed by atoms with Crippen molar-refractivity contribution in [3.05, 3.63) is 33.9 Å². The molecule has 1 N–H and O–H groups in total. The number of nitro groups is 1. The fourth-order valence-corrected chi connectivity index (χ4v) is 4.02. The summed E-state index contributed by atoms with van der Waals surface area (Å²) in [5, 5.41) is 13.8. The van der Waals surface area contributed by atoms with Gasteiger partial charge in [0.2, 0.25) is 5.91 Å². The lowest BCUT2D eigenvalue weighted by Gasteiger charge is -2.21. The topological polar surface area (TPSA) is 72.2 Å². The molecule has 0 spiro atoms. The molecular formula is C16H20N2O3. The Morgan fingerprint density at radius 3 is 2.81 bits per heavy atom. The molecule has 2 aliphatic carbocycles. The summed E-state index contributed by atoms with van der Waals surface area (Å²) in [4.78, 5) is 22.7. The number of hydrogen-bond donors (Lipinski definition) is 1. The maximum atomic E-state index is 12.2. The van der Waals surface area contributed by atoms with Gasteiger partial charge in [-0.05, 0) is 50.0 Å². The molecule has 3 rings (SSSR count). The number of nitrogens with one attached hydrogen (secondary N) is 1. The van der Waals surface area contributed by atoms with Gasteiger partial charge in [0, 0.05) is 12.5 Å². The van der Waals surface area contributed by atoms with Crippen molar-refractivity contribution in [3.63, 3.8) is 0 Å². The maximum Gasteiger partial charge on any atom is 0.274 e. The predicted octanol–water partition coefficient (Wildman–Crippen LogP) is 3.67. The standard InChI is InChI=1S/C16H20N2O3/c1-10-14(3-2-4-15(10)18(20)21)17-16(19)9-13-8-11-5-6-12(13)7-11/h2-4,11-13H,5-9H2,1H3,(H,17,19)/t11-,12+,13+/m0/s1. The number of hydrogen-bond acceptors (Lipinski definition) is 3. The number of carbonyl (C=O) groups is 1. The maximum absolute atomic E-state index is 12.2. The van der Waals surface area contributed by atoms with Gasteiger partial charge in [-0.1, -0.05) is 12.5 Å². The van der Waals surface area contributed by atoms with Crippen LogP contribution in [0.5, 0.6) is 0 Å². The first-order valence-electron chi connectivity index (χ1n) is 7.58. The molecule has 0 heterocycles. The Morgan fingerprint density at radius 2 is 2.19 bits per heavy atom. The van der Waals surface area contributed by atoms with Crippen LogP contribution in [0.25, 0.3) is 0 Å². The molecule has 2 bridgehead atoms. The highest BCUT2D eigenvalue weighted by molar-refractivity contribution is 5.92. The molecule has 0 aliphatic heterocycles. The van der Waals surface area contributed by atoms with Crippen molar-refractivity contribution in [2.75, 3.05) is 5.32 Å². The van der Waals surface area contributed by atoms with Gasteiger partial charge in [0.1, 0.15) is 0 Å². The van der Waals surface area contributed by atoms with E-state index in [0.29, 0.717) is 29.5 Å². The Balaban J connectivity index is 1.65. The second-order valence-corrected chi connectivity index (χ2v) is 6.39. The fourth-order valence-electron chi connectivity index (χ4n) is 4.02. The van der Waals surface area contributed by atoms with Crippen LogP contribution in [0.4, 0.5) is 11.4 Å². The van der Waals surface area contributed by atoms with E-state index in [1.54, 1.807) is 19.1 Å². The molecule has 21 heavy (non-hydrogen) atoms. The van der Waals surface area contributed by atoms with E-state index >= 15 is 0 Å². The van der Waals surface area contributed by atoms with Crippen LogP contribution in [0.2, 0.25) is 0 Å². The molecule has 0 saturated heterocycles. The fraction of sp³-hybridized carbons (Fsp3) is 0.562. The predicted molar refractivity (Wildman–Crippen MR) is 80.0 cm³/mol. The molecular weight excluding hydrogens is 268 g/mol. The molecule has 1 amide bonds. The number of nitro benzene ring substituents is 1. The summed E-state index contributed by atoms with van der Waals surface area (Å²) in [6, 6.07) is 4.79. The van der Waals surface area contributed by atoms with Crippen molar-refractivity contribution in [2.24, 2.45) is 17.8 Å². The molecule has 2 saturated carbocycles. The van der Waals surface area contributed by atoms with E-state index in [-0.39, 0.29) is 11.6 Å². The van der Waals surface area contributed by atoms with Crippen LogP contribution in [-0.4, -0.2) is 10.8 Å². The van der Waals surface area contributed by atoms with Crippen molar-refractivity contribution >= 4 is 17.3 Å². The lowest BCUT2D eigenvalue weighted by Crippen LogP contribution is -2.20. The molecule has 0 aromatic heterocycles. The monoisotopic (exact) mass is 288 g/mol. The summed E-state index contributed by atoms with van der Waals surface area (Å²) in [5.74, 6) is 2.03. The zero-order valence-corrected chi connectivity index (χ0v) is 12.2. The van der Waals surface area contributed by atoms with E-state index in [2.05, 4.69) is 5.32 Å². The average molecular weight is 288 g/mol. The van der Waals surface area contributed by atoms with Gasteiger partial charge in [0.05, 0.1) is 16.2 Å². The van der Waals surface area contributed by atoms with Crippen LogP contribution < -0.4 is 5.32 Å². The second kappa shape index (κ2) is 5.47. The third-order valence-corrected chi connectivity index (χ3v) is 5.11. The van der Waals surface area contributed by atoms with Crippen LogP contribution in [0.15, 0.2) is 18.2 Å². The lowest BCUT2D eigenvalue weighted by molar-refractivity contribution is -0.385. The van der Waals surface area contributed by atoms with Crippen molar-refractivity contribution in [2.45, 2.75) is 39.0 Å². The number of benzene rings is 1. The highest BCUT2D eigenvalue weighted by Crippen LogP contribution is 2.49. The Hall–Kier alpha value is -1.91. The molecule has 112 valence electrons. The number of anilines is 1. The molecule has 5 nitrogen and oxygen atoms in total. The highest BCUT2D eigenvalue weighted by Gasteiger charge is 2.40. The number of nitrogens with zero attached hydrogens (tertiary/aromatic N) is 1. The zero-order valence-electron chi connectivity index (χ0n) is 12.2. The van der Waals surface area contributed by atoms with Gasteiger partial charge in [0.25, 0.3) is 5.69 Å². The Bertz CT molecular complexity index is 585. The van der Waals surface area contributed by atoms with Gasteiger partial charge in [-0.2, -0.15) is 0 Å². The summed E-state index contributed by atoms with van der Waals surface area (Å²) < 4.78 is 0. The largest absolute Gasteiger partial charge is 0.326 e. The van der Waals surface area contributed by atoms with Crippen LogP contribution >= 0.6 is 0 Å². The summed E-state index contributed by atoms with van der Waals surface area (Å²) in [6.45, 7) is 1.67. The van der Waals surface area contributed by atoms with E-state index in [0.717, 1.165) is 5.92 Å². The second-order valence-electron chi connectivity index (χ2n) is 6.39. The minimum absolute atomic E-state index is 0.0175. The van der Waals surface area contributed by atoms with Gasteiger partial charge in [0.15, 0.2) is 0 Å². The van der Waals surface area contributed by atoms with Crippen molar-refractivity contribution in [3.8, 4) is 0 Å². The van der Waals surface area contributed by atoms with E-state index in [1.165, 1.54) is 31.7 Å². The minimum Gasteiger partial charge on any atom is -0.326 e. The SMILES string of the molecule is Cc1c(NC(=O)C[C@H]2C[C@H]3CC[C@@H]2C3)cccc1[N+](=O)[O-]. The van der Waals surface area contributed by atoms with Crippen LogP contribution in [0.1, 0.15) is 37.7 Å². The van der Waals surface area contributed by atoms with E-state index < -0.39 is 4.92 Å². The van der Waals surface area contributed by atoms with Gasteiger partial charge in [-0.15, -0.1) is 0 Å². The lowest BCUT2D eigenvalue weighted by atomic mass is 9.86. The molecule has 2 fully saturated rings. The number of amides is 1. The first kappa shape index (κ1) is 14.0. The van der Waals surface area contributed by atoms with E-state index in [4.69, 9.17) is 0 Å². The van der Waals surface area contributed by atoms with Crippen LogP contribution in [0.3, 0.4) is 0 Å². The molecule has 0 radical (unpaired) electrons. The summed E-state index contributed by atoms with van der Waals surface area (Å²) >= 11 is 0. The molecule has 0 unspecified atom stereocenters. The summed E-state index contributed by atoms with van der Waals surface area (Å²) in [7, 11) is 0. The highest BCUT2D eigenvalue weighted by atomic mass is 16.6. The third kappa shape index (κ3) is 2.77. The number of rotatable bonds is 4. The third-order valence-electron chi connectivity index (χ3n) is 5.11. The zero-order chi connectivity index (χ0) is 15.0. The smallest absolute Gasteiger partial charge is 0.274 e. The number of carbonyl (C=O) groups excluding carboxylic acids is 1. The van der Waals surface area contributed by atoms with Gasteiger partial charge in [-0.25, -0.2) is 0 Å². The van der Waals surface area contributed by atoms with E-state index in [9.17, 15) is 14.9 Å².